The molecule has 4 heterocycles. The van der Waals surface area contributed by atoms with Gasteiger partial charge in [-0.05, 0) is 50.0 Å². The highest BCUT2D eigenvalue weighted by Crippen LogP contribution is 2.33. The molecule has 2 fully saturated rings. The van der Waals surface area contributed by atoms with Crippen LogP contribution in [0.1, 0.15) is 36.6 Å². The van der Waals surface area contributed by atoms with E-state index < -0.39 is 0 Å². The number of piperidine rings is 1. The number of anilines is 2. The van der Waals surface area contributed by atoms with E-state index in [2.05, 4.69) is 65.0 Å². The van der Waals surface area contributed by atoms with Gasteiger partial charge < -0.3 is 9.64 Å². The molecule has 28 heavy (non-hydrogen) atoms. The maximum absolute atomic E-state index is 5.95. The molecule has 0 amide bonds. The van der Waals surface area contributed by atoms with Crippen LogP contribution in [0.5, 0.6) is 0 Å². The van der Waals surface area contributed by atoms with Crippen LogP contribution in [0, 0.1) is 5.92 Å². The first kappa shape index (κ1) is 18.2. The number of aromatic nitrogens is 1. The van der Waals surface area contributed by atoms with Crippen molar-refractivity contribution in [3.05, 3.63) is 53.2 Å². The van der Waals surface area contributed by atoms with Crippen molar-refractivity contribution in [2.24, 2.45) is 5.92 Å². The van der Waals surface area contributed by atoms with Gasteiger partial charge in [0, 0.05) is 55.4 Å². The fraction of sp³-hybridized carbons (Fsp3) is 0.500. The van der Waals surface area contributed by atoms with Gasteiger partial charge in [0.25, 0.3) is 0 Å². The second-order valence-electron chi connectivity index (χ2n) is 8.13. The minimum atomic E-state index is 0.389. The van der Waals surface area contributed by atoms with Crippen LogP contribution in [-0.4, -0.2) is 36.8 Å². The molecule has 0 saturated carbocycles. The Bertz CT molecular complexity index is 833. The first-order chi connectivity index (χ1) is 13.7. The quantitative estimate of drug-likeness (QED) is 0.847. The second kappa shape index (κ2) is 7.85. The molecule has 3 unspecified atom stereocenters. The topological polar surface area (TPSA) is 40.6 Å². The Morgan fingerprint density at radius 3 is 2.96 bits per heavy atom. The Kier molecular flexibility index (Phi) is 5.09. The summed E-state index contributed by atoms with van der Waals surface area (Å²) in [6.45, 7) is 5.26. The van der Waals surface area contributed by atoms with Gasteiger partial charge in [0.05, 0.1) is 11.8 Å². The molecule has 5 rings (SSSR count). The van der Waals surface area contributed by atoms with Crippen molar-refractivity contribution >= 4 is 22.2 Å². The molecular formula is C22H28N4OS. The van der Waals surface area contributed by atoms with E-state index in [9.17, 15) is 0 Å². The van der Waals surface area contributed by atoms with Crippen LogP contribution in [0.3, 0.4) is 0 Å². The summed E-state index contributed by atoms with van der Waals surface area (Å²) in [6, 6.07) is 9.19. The predicted octanol–water partition coefficient (Wildman–Crippen LogP) is 3.97. The molecule has 5 nitrogen and oxygen atoms in total. The maximum Gasteiger partial charge on any atom is 0.185 e. The van der Waals surface area contributed by atoms with Crippen molar-refractivity contribution in [3.63, 3.8) is 0 Å². The number of hydrogen-bond acceptors (Lipinski definition) is 6. The molecule has 148 valence electrons. The summed E-state index contributed by atoms with van der Waals surface area (Å²) in [5, 5.41) is 3.26. The number of nitrogens with zero attached hydrogens (tertiary/aromatic N) is 3. The second-order valence-corrected chi connectivity index (χ2v) is 9.22. The predicted molar refractivity (Wildman–Crippen MR) is 115 cm³/mol. The van der Waals surface area contributed by atoms with Crippen molar-refractivity contribution in [2.75, 3.05) is 29.6 Å². The molecule has 0 radical (unpaired) electrons. The molecule has 3 aliphatic rings. The molecule has 1 N–H and O–H groups in total. The van der Waals surface area contributed by atoms with E-state index in [1.54, 1.807) is 0 Å². The molecule has 1 aromatic heterocycles. The number of hydrazine groups is 1. The van der Waals surface area contributed by atoms with E-state index in [4.69, 9.17) is 9.72 Å². The highest BCUT2D eigenvalue weighted by atomic mass is 32.1. The van der Waals surface area contributed by atoms with Crippen LogP contribution in [0.4, 0.5) is 10.8 Å². The Morgan fingerprint density at radius 1 is 1.25 bits per heavy atom. The van der Waals surface area contributed by atoms with E-state index >= 15 is 0 Å². The van der Waals surface area contributed by atoms with Gasteiger partial charge in [-0.2, -0.15) is 0 Å². The molecule has 6 heteroatoms. The lowest BCUT2D eigenvalue weighted by molar-refractivity contribution is -0.0357. The molecule has 0 bridgehead atoms. The number of fused-ring (bicyclic) bond motifs is 1. The number of hydrogen-bond donors (Lipinski definition) is 1. The van der Waals surface area contributed by atoms with Gasteiger partial charge >= 0.3 is 0 Å². The first-order valence-corrected chi connectivity index (χ1v) is 11.2. The van der Waals surface area contributed by atoms with Crippen LogP contribution < -0.4 is 15.3 Å². The zero-order valence-corrected chi connectivity index (χ0v) is 17.2. The number of benzene rings is 1. The lowest BCUT2D eigenvalue weighted by Gasteiger charge is -2.40. The van der Waals surface area contributed by atoms with Gasteiger partial charge in [0.1, 0.15) is 0 Å². The van der Waals surface area contributed by atoms with Crippen molar-refractivity contribution in [1.82, 2.24) is 10.4 Å². The van der Waals surface area contributed by atoms with E-state index in [-0.39, 0.29) is 0 Å². The van der Waals surface area contributed by atoms with Crippen LogP contribution in [-0.2, 0) is 11.2 Å². The van der Waals surface area contributed by atoms with E-state index in [1.165, 1.54) is 34.1 Å². The third kappa shape index (κ3) is 3.81. The zero-order chi connectivity index (χ0) is 18.9. The SMILES string of the molecule is CC1C=CN(c2ccc(Cc3cnc(N4CCC5OCCCC5C4)s3)cc2)N1. The van der Waals surface area contributed by atoms with E-state index in [1.807, 2.05) is 11.3 Å². The summed E-state index contributed by atoms with van der Waals surface area (Å²) in [7, 11) is 0. The smallest absolute Gasteiger partial charge is 0.185 e. The summed E-state index contributed by atoms with van der Waals surface area (Å²) in [4.78, 5) is 8.54. The van der Waals surface area contributed by atoms with Crippen LogP contribution in [0.25, 0.3) is 0 Å². The normalized spacial score (nSPS) is 27.2. The van der Waals surface area contributed by atoms with Gasteiger partial charge in [-0.25, -0.2) is 10.4 Å². The summed E-state index contributed by atoms with van der Waals surface area (Å²) in [5.74, 6) is 0.679. The highest BCUT2D eigenvalue weighted by molar-refractivity contribution is 7.15. The molecular weight excluding hydrogens is 368 g/mol. The minimum Gasteiger partial charge on any atom is -0.378 e. The number of nitrogens with one attached hydrogen (secondary N) is 1. The van der Waals surface area contributed by atoms with Crippen molar-refractivity contribution < 1.29 is 4.74 Å². The fourth-order valence-corrected chi connectivity index (χ4v) is 5.42. The van der Waals surface area contributed by atoms with Gasteiger partial charge in [0.15, 0.2) is 5.13 Å². The average Bonchev–Trinajstić information content (AvgIpc) is 3.37. The summed E-state index contributed by atoms with van der Waals surface area (Å²) in [6.07, 6.45) is 11.4. The van der Waals surface area contributed by atoms with Crippen LogP contribution in [0.15, 0.2) is 42.7 Å². The largest absolute Gasteiger partial charge is 0.378 e. The molecule has 2 aromatic rings. The first-order valence-electron chi connectivity index (χ1n) is 10.4. The third-order valence-corrected chi connectivity index (χ3v) is 7.04. The van der Waals surface area contributed by atoms with Gasteiger partial charge in [-0.3, -0.25) is 5.01 Å². The van der Waals surface area contributed by atoms with E-state index in [0.29, 0.717) is 18.1 Å². The highest BCUT2D eigenvalue weighted by Gasteiger charge is 2.33. The molecule has 2 saturated heterocycles. The minimum absolute atomic E-state index is 0.389. The van der Waals surface area contributed by atoms with Crippen LogP contribution >= 0.6 is 11.3 Å². The zero-order valence-electron chi connectivity index (χ0n) is 16.4. The van der Waals surface area contributed by atoms with Crippen molar-refractivity contribution in [2.45, 2.75) is 44.8 Å². The Labute approximate surface area is 171 Å². The molecule has 3 atom stereocenters. The maximum atomic E-state index is 5.95. The Hall–Kier alpha value is -1.89. The van der Waals surface area contributed by atoms with E-state index in [0.717, 1.165) is 32.5 Å². The molecule has 0 aliphatic carbocycles. The standard InChI is InChI=1S/C22H28N4OS/c1-16-8-11-26(24-16)19-6-4-17(5-7-19)13-20-14-23-22(28-20)25-10-9-21-18(15-25)3-2-12-27-21/h4-8,11,14,16,18,21,24H,2-3,9-10,12-13,15H2,1H3. The van der Waals surface area contributed by atoms with Crippen LogP contribution in [0.2, 0.25) is 0 Å². The number of rotatable bonds is 4. The lowest BCUT2D eigenvalue weighted by atomic mass is 9.89. The third-order valence-electron chi connectivity index (χ3n) is 5.99. The van der Waals surface area contributed by atoms with Crippen molar-refractivity contribution in [1.29, 1.82) is 0 Å². The lowest BCUT2D eigenvalue weighted by Crippen LogP contribution is -2.46. The Morgan fingerprint density at radius 2 is 2.14 bits per heavy atom. The monoisotopic (exact) mass is 396 g/mol. The molecule has 0 spiro atoms. The van der Waals surface area contributed by atoms with Gasteiger partial charge in [-0.1, -0.05) is 12.1 Å². The number of ether oxygens (including phenoxy) is 1. The van der Waals surface area contributed by atoms with Gasteiger partial charge in [0.2, 0.25) is 0 Å². The summed E-state index contributed by atoms with van der Waals surface area (Å²) < 4.78 is 5.95. The fourth-order valence-electron chi connectivity index (χ4n) is 4.44. The van der Waals surface area contributed by atoms with Crippen molar-refractivity contribution in [3.8, 4) is 0 Å². The molecule has 3 aliphatic heterocycles. The summed E-state index contributed by atoms with van der Waals surface area (Å²) >= 11 is 1.84. The van der Waals surface area contributed by atoms with Gasteiger partial charge in [-0.15, -0.1) is 11.3 Å². The summed E-state index contributed by atoms with van der Waals surface area (Å²) in [5.41, 5.74) is 5.90. The molecule has 1 aromatic carbocycles. The average molecular weight is 397 g/mol. The Balaban J connectivity index is 1.21. The number of thiazole rings is 1.